The first-order valence-electron chi connectivity index (χ1n) is 7.12. The van der Waals surface area contributed by atoms with Crippen molar-refractivity contribution in [1.82, 2.24) is 4.90 Å². The van der Waals surface area contributed by atoms with Crippen molar-refractivity contribution in [3.8, 4) is 0 Å². The van der Waals surface area contributed by atoms with Gasteiger partial charge in [-0.15, -0.1) is 0 Å². The number of anilines is 1. The Balaban J connectivity index is 1.67. The fraction of sp³-hybridized carbons (Fsp3) is 0.312. The number of nitrogens with one attached hydrogen (secondary N) is 1. The van der Waals surface area contributed by atoms with Crippen LogP contribution in [0.3, 0.4) is 0 Å². The summed E-state index contributed by atoms with van der Waals surface area (Å²) in [6, 6.07) is 7.15. The summed E-state index contributed by atoms with van der Waals surface area (Å²) < 4.78 is 0.843. The smallest absolute Gasteiger partial charge is 0.244 e. The van der Waals surface area contributed by atoms with Gasteiger partial charge in [-0.25, -0.2) is 0 Å². The van der Waals surface area contributed by atoms with Crippen molar-refractivity contribution in [2.45, 2.75) is 12.8 Å². The Bertz CT molecular complexity index is 645. The van der Waals surface area contributed by atoms with Crippen molar-refractivity contribution in [3.63, 3.8) is 0 Å². The maximum Gasteiger partial charge on any atom is 0.244 e. The van der Waals surface area contributed by atoms with E-state index in [0.29, 0.717) is 18.5 Å². The number of fused-ring (bicyclic) bond motifs is 1. The van der Waals surface area contributed by atoms with E-state index >= 15 is 0 Å². The van der Waals surface area contributed by atoms with Crippen LogP contribution in [-0.4, -0.2) is 29.2 Å². The van der Waals surface area contributed by atoms with E-state index in [4.69, 9.17) is 0 Å². The molecule has 0 bridgehead atoms. The Morgan fingerprint density at radius 3 is 2.41 bits per heavy atom. The quantitative estimate of drug-likeness (QED) is 0.662. The number of amides is 3. The van der Waals surface area contributed by atoms with Gasteiger partial charge in [-0.3, -0.25) is 19.3 Å². The predicted octanol–water partition coefficient (Wildman–Crippen LogP) is 2.34. The summed E-state index contributed by atoms with van der Waals surface area (Å²) in [5, 5.41) is 2.70. The van der Waals surface area contributed by atoms with Crippen LogP contribution in [0.5, 0.6) is 0 Å². The lowest BCUT2D eigenvalue weighted by Gasteiger charge is -2.14. The zero-order valence-corrected chi connectivity index (χ0v) is 13.4. The first-order valence-corrected chi connectivity index (χ1v) is 7.91. The molecule has 6 heteroatoms. The molecule has 0 saturated carbocycles. The van der Waals surface area contributed by atoms with Gasteiger partial charge >= 0.3 is 0 Å². The Morgan fingerprint density at radius 1 is 1.18 bits per heavy atom. The molecule has 2 atom stereocenters. The van der Waals surface area contributed by atoms with Crippen LogP contribution in [0.25, 0.3) is 0 Å². The molecule has 0 spiro atoms. The summed E-state index contributed by atoms with van der Waals surface area (Å²) in [7, 11) is 0. The van der Waals surface area contributed by atoms with Crippen LogP contribution in [0.1, 0.15) is 12.8 Å². The highest BCUT2D eigenvalue weighted by atomic mass is 79.9. The van der Waals surface area contributed by atoms with E-state index in [0.717, 1.165) is 9.37 Å². The molecule has 1 N–H and O–H groups in total. The van der Waals surface area contributed by atoms with Gasteiger partial charge in [0.05, 0.1) is 11.8 Å². The lowest BCUT2D eigenvalue weighted by molar-refractivity contribution is -0.142. The average Bonchev–Trinajstić information content (AvgIpc) is 2.73. The van der Waals surface area contributed by atoms with Gasteiger partial charge < -0.3 is 5.32 Å². The fourth-order valence-corrected chi connectivity index (χ4v) is 3.33. The molecule has 1 heterocycles. The number of nitrogens with zero attached hydrogens (tertiary/aromatic N) is 1. The second kappa shape index (κ2) is 6.04. The number of benzene rings is 1. The van der Waals surface area contributed by atoms with Crippen LogP contribution in [0.2, 0.25) is 0 Å². The van der Waals surface area contributed by atoms with Crippen molar-refractivity contribution in [3.05, 3.63) is 40.9 Å². The summed E-state index contributed by atoms with van der Waals surface area (Å²) in [5.41, 5.74) is 0.623. The Kier molecular flexibility index (Phi) is 4.11. The molecular weight excluding hydrogens is 348 g/mol. The summed E-state index contributed by atoms with van der Waals surface area (Å²) in [4.78, 5) is 37.7. The highest BCUT2D eigenvalue weighted by molar-refractivity contribution is 9.10. The molecule has 22 heavy (non-hydrogen) atoms. The number of hydrogen-bond acceptors (Lipinski definition) is 3. The van der Waals surface area contributed by atoms with E-state index in [1.54, 1.807) is 18.2 Å². The number of carbonyl (C=O) groups is 3. The Labute approximate surface area is 136 Å². The second-order valence-electron chi connectivity index (χ2n) is 5.48. The molecule has 3 amide bonds. The highest BCUT2D eigenvalue weighted by Crippen LogP contribution is 2.34. The zero-order chi connectivity index (χ0) is 15.7. The Morgan fingerprint density at radius 2 is 1.82 bits per heavy atom. The summed E-state index contributed by atoms with van der Waals surface area (Å²) >= 11 is 3.32. The van der Waals surface area contributed by atoms with E-state index in [1.807, 2.05) is 18.2 Å². The number of rotatable bonds is 3. The van der Waals surface area contributed by atoms with Gasteiger partial charge in [-0.2, -0.15) is 0 Å². The molecule has 114 valence electrons. The third kappa shape index (κ3) is 2.83. The van der Waals surface area contributed by atoms with E-state index in [-0.39, 0.29) is 36.1 Å². The fourth-order valence-electron chi connectivity index (χ4n) is 2.94. The molecule has 1 aliphatic heterocycles. The first-order chi connectivity index (χ1) is 10.6. The lowest BCUT2D eigenvalue weighted by Crippen LogP contribution is -2.38. The van der Waals surface area contributed by atoms with Crippen molar-refractivity contribution in [2.75, 3.05) is 11.9 Å². The molecule has 2 aliphatic rings. The van der Waals surface area contributed by atoms with Crippen molar-refractivity contribution >= 4 is 39.3 Å². The topological polar surface area (TPSA) is 66.5 Å². The van der Waals surface area contributed by atoms with E-state index < -0.39 is 0 Å². The van der Waals surface area contributed by atoms with Crippen molar-refractivity contribution in [1.29, 1.82) is 0 Å². The van der Waals surface area contributed by atoms with Crippen LogP contribution < -0.4 is 5.32 Å². The number of carbonyl (C=O) groups excluding carboxylic acids is 3. The molecular formula is C16H15BrN2O3. The van der Waals surface area contributed by atoms with Gasteiger partial charge in [0.15, 0.2) is 0 Å². The minimum absolute atomic E-state index is 0.225. The van der Waals surface area contributed by atoms with E-state index in [1.165, 1.54) is 0 Å². The molecule has 0 unspecified atom stereocenters. The standard InChI is InChI=1S/C16H15BrN2O3/c17-10-4-3-5-11(8-10)18-14(20)9-19-15(21)12-6-1-2-7-13(12)16(19)22/h1-5,8,12-13H,6-7,9H2,(H,18,20)/t12-,13+. The van der Waals surface area contributed by atoms with Gasteiger partial charge in [-0.1, -0.05) is 34.1 Å². The summed E-state index contributed by atoms with van der Waals surface area (Å²) in [6.45, 7) is -0.225. The molecule has 1 fully saturated rings. The maximum absolute atomic E-state index is 12.3. The molecule has 1 aromatic rings. The van der Waals surface area contributed by atoms with Crippen molar-refractivity contribution in [2.24, 2.45) is 11.8 Å². The van der Waals surface area contributed by atoms with Gasteiger partial charge in [-0.05, 0) is 31.0 Å². The summed E-state index contributed by atoms with van der Waals surface area (Å²) in [6.07, 6.45) is 5.02. The van der Waals surface area contributed by atoms with E-state index in [2.05, 4.69) is 21.2 Å². The van der Waals surface area contributed by atoms with Gasteiger partial charge in [0, 0.05) is 10.2 Å². The molecule has 5 nitrogen and oxygen atoms in total. The first kappa shape index (κ1) is 15.0. The number of allylic oxidation sites excluding steroid dienone is 2. The zero-order valence-electron chi connectivity index (χ0n) is 11.8. The van der Waals surface area contributed by atoms with Crippen LogP contribution in [-0.2, 0) is 14.4 Å². The minimum Gasteiger partial charge on any atom is -0.324 e. The Hall–Kier alpha value is -1.95. The minimum atomic E-state index is -0.369. The lowest BCUT2D eigenvalue weighted by atomic mass is 9.85. The maximum atomic E-state index is 12.3. The van der Waals surface area contributed by atoms with Crippen LogP contribution in [0, 0.1) is 11.8 Å². The molecule has 0 radical (unpaired) electrons. The molecule has 0 aromatic heterocycles. The molecule has 1 saturated heterocycles. The van der Waals surface area contributed by atoms with Gasteiger partial charge in [0.1, 0.15) is 6.54 Å². The second-order valence-corrected chi connectivity index (χ2v) is 6.39. The predicted molar refractivity (Wildman–Crippen MR) is 84.8 cm³/mol. The number of imide groups is 1. The largest absolute Gasteiger partial charge is 0.324 e. The third-order valence-corrected chi connectivity index (χ3v) is 4.50. The summed E-state index contributed by atoms with van der Waals surface area (Å²) in [5.74, 6) is -1.42. The van der Waals surface area contributed by atoms with Crippen LogP contribution in [0.4, 0.5) is 5.69 Å². The van der Waals surface area contributed by atoms with Gasteiger partial charge in [0.25, 0.3) is 0 Å². The van der Waals surface area contributed by atoms with E-state index in [9.17, 15) is 14.4 Å². The SMILES string of the molecule is O=C(CN1C(=O)[C@H]2CC=CC[C@H]2C1=O)Nc1cccc(Br)c1. The third-order valence-electron chi connectivity index (χ3n) is 4.01. The monoisotopic (exact) mass is 362 g/mol. The van der Waals surface area contributed by atoms with Gasteiger partial charge in [0.2, 0.25) is 17.7 Å². The molecule has 1 aliphatic carbocycles. The van der Waals surface area contributed by atoms with Crippen LogP contribution >= 0.6 is 15.9 Å². The van der Waals surface area contributed by atoms with Crippen LogP contribution in [0.15, 0.2) is 40.9 Å². The molecule has 1 aromatic carbocycles. The number of halogens is 1. The number of hydrogen-bond donors (Lipinski definition) is 1. The normalized spacial score (nSPS) is 23.6. The molecule has 3 rings (SSSR count). The number of likely N-dealkylation sites (tertiary alicyclic amines) is 1. The van der Waals surface area contributed by atoms with Crippen molar-refractivity contribution < 1.29 is 14.4 Å². The highest BCUT2D eigenvalue weighted by Gasteiger charge is 2.47. The average molecular weight is 363 g/mol.